The largest absolute Gasteiger partial charge is 0.357 e. The zero-order valence-electron chi connectivity index (χ0n) is 13.2. The molecule has 0 radical (unpaired) electrons. The maximum Gasteiger partial charge on any atom is 0.269 e. The number of hydrogen-bond acceptors (Lipinski definition) is 8. The van der Waals surface area contributed by atoms with E-state index in [0.29, 0.717) is 29.0 Å². The standard InChI is InChI=1S/C15H15N5O3S2/c1-2-6-16-14-17-18-15(25-14)24-9-13(21)19-7-5-10-8-11(20(22)23)3-4-12(10)19/h2-4,8H,1,5-7,9H2,(H,16,17). The monoisotopic (exact) mass is 377 g/mol. The van der Waals surface area contributed by atoms with Gasteiger partial charge in [-0.1, -0.05) is 29.2 Å². The topological polar surface area (TPSA) is 101 Å². The summed E-state index contributed by atoms with van der Waals surface area (Å²) in [5.41, 5.74) is 1.64. The van der Waals surface area contributed by atoms with Crippen LogP contribution in [0.25, 0.3) is 0 Å². The summed E-state index contributed by atoms with van der Waals surface area (Å²) in [6.45, 7) is 4.77. The first kappa shape index (κ1) is 17.4. The van der Waals surface area contributed by atoms with Crippen molar-refractivity contribution in [2.24, 2.45) is 0 Å². The van der Waals surface area contributed by atoms with Gasteiger partial charge in [0, 0.05) is 30.9 Å². The Bertz CT molecular complexity index is 823. The highest BCUT2D eigenvalue weighted by Crippen LogP contribution is 2.32. The highest BCUT2D eigenvalue weighted by molar-refractivity contribution is 8.01. The molecule has 0 spiro atoms. The summed E-state index contributed by atoms with van der Waals surface area (Å²) >= 11 is 2.72. The zero-order valence-corrected chi connectivity index (χ0v) is 14.8. The number of anilines is 2. The second-order valence-electron chi connectivity index (χ2n) is 5.20. The summed E-state index contributed by atoms with van der Waals surface area (Å²) in [7, 11) is 0. The van der Waals surface area contributed by atoms with Gasteiger partial charge in [0.25, 0.3) is 5.69 Å². The molecule has 130 valence electrons. The summed E-state index contributed by atoms with van der Waals surface area (Å²) in [5.74, 6) is 0.195. The number of nitro benzene ring substituents is 1. The molecule has 1 aliphatic rings. The minimum atomic E-state index is -0.423. The van der Waals surface area contributed by atoms with Crippen LogP contribution in [0.3, 0.4) is 0 Å². The van der Waals surface area contributed by atoms with Crippen molar-refractivity contribution in [2.75, 3.05) is 29.1 Å². The smallest absolute Gasteiger partial charge is 0.269 e. The first-order chi connectivity index (χ1) is 12.1. The van der Waals surface area contributed by atoms with Gasteiger partial charge >= 0.3 is 0 Å². The first-order valence-electron chi connectivity index (χ1n) is 7.47. The number of non-ortho nitro benzene ring substituents is 1. The van der Waals surface area contributed by atoms with Gasteiger partial charge in [-0.2, -0.15) is 0 Å². The molecular formula is C15H15N5O3S2. The Labute approximate surface area is 152 Å². The van der Waals surface area contributed by atoms with Crippen molar-refractivity contribution in [1.82, 2.24) is 10.2 Å². The van der Waals surface area contributed by atoms with Crippen LogP contribution in [0.15, 0.2) is 35.2 Å². The van der Waals surface area contributed by atoms with E-state index in [2.05, 4.69) is 22.1 Å². The van der Waals surface area contributed by atoms with E-state index in [4.69, 9.17) is 0 Å². The fourth-order valence-corrected chi connectivity index (χ4v) is 4.10. The van der Waals surface area contributed by atoms with Crippen LogP contribution in [0.1, 0.15) is 5.56 Å². The first-order valence-corrected chi connectivity index (χ1v) is 9.27. The van der Waals surface area contributed by atoms with E-state index in [1.807, 2.05) is 0 Å². The molecule has 3 rings (SSSR count). The number of carbonyl (C=O) groups excluding carboxylic acids is 1. The summed E-state index contributed by atoms with van der Waals surface area (Å²) in [6.07, 6.45) is 2.36. The molecule has 0 bridgehead atoms. The number of benzene rings is 1. The van der Waals surface area contributed by atoms with Gasteiger partial charge in [0.1, 0.15) is 0 Å². The average molecular weight is 377 g/mol. The molecule has 2 aromatic rings. The quantitative estimate of drug-likeness (QED) is 0.343. The van der Waals surface area contributed by atoms with E-state index >= 15 is 0 Å². The fourth-order valence-electron chi connectivity index (χ4n) is 2.46. The molecule has 1 aromatic heterocycles. The summed E-state index contributed by atoms with van der Waals surface area (Å²) < 4.78 is 0.711. The number of amides is 1. The lowest BCUT2D eigenvalue weighted by molar-refractivity contribution is -0.384. The number of nitrogens with one attached hydrogen (secondary N) is 1. The van der Waals surface area contributed by atoms with E-state index < -0.39 is 4.92 Å². The molecular weight excluding hydrogens is 362 g/mol. The third-order valence-electron chi connectivity index (χ3n) is 3.59. The van der Waals surface area contributed by atoms with Crippen LogP contribution < -0.4 is 10.2 Å². The Morgan fingerprint density at radius 1 is 1.52 bits per heavy atom. The van der Waals surface area contributed by atoms with Gasteiger partial charge in [0.2, 0.25) is 11.0 Å². The van der Waals surface area contributed by atoms with Gasteiger partial charge in [-0.3, -0.25) is 14.9 Å². The van der Waals surface area contributed by atoms with E-state index in [1.165, 1.54) is 35.2 Å². The number of fused-ring (bicyclic) bond motifs is 1. The summed E-state index contributed by atoms with van der Waals surface area (Å²) in [6, 6.07) is 4.61. The second-order valence-corrected chi connectivity index (χ2v) is 7.40. The Kier molecular flexibility index (Phi) is 5.29. The number of nitrogens with zero attached hydrogens (tertiary/aromatic N) is 4. The minimum absolute atomic E-state index is 0.0478. The SMILES string of the molecule is C=CCNc1nnc(SCC(=O)N2CCc3cc([N+](=O)[O-])ccc32)s1. The molecule has 1 aromatic carbocycles. The normalized spacial score (nSPS) is 12.7. The Balaban J connectivity index is 1.61. The predicted molar refractivity (Wildman–Crippen MR) is 98.5 cm³/mol. The third kappa shape index (κ3) is 3.97. The van der Waals surface area contributed by atoms with Crippen LogP contribution in [-0.4, -0.2) is 39.9 Å². The molecule has 0 unspecified atom stereocenters. The number of rotatable bonds is 7. The Hall–Kier alpha value is -2.46. The molecule has 0 aliphatic carbocycles. The molecule has 2 heterocycles. The zero-order chi connectivity index (χ0) is 17.8. The van der Waals surface area contributed by atoms with E-state index in [0.717, 1.165) is 11.3 Å². The Morgan fingerprint density at radius 3 is 3.12 bits per heavy atom. The number of hydrogen-bond donors (Lipinski definition) is 1. The predicted octanol–water partition coefficient (Wildman–Crippen LogP) is 2.73. The molecule has 8 nitrogen and oxygen atoms in total. The number of nitro groups is 1. The molecule has 1 aliphatic heterocycles. The molecule has 0 atom stereocenters. The van der Waals surface area contributed by atoms with E-state index in [9.17, 15) is 14.9 Å². The van der Waals surface area contributed by atoms with Crippen LogP contribution in [0.4, 0.5) is 16.5 Å². The van der Waals surface area contributed by atoms with E-state index in [1.54, 1.807) is 17.0 Å². The van der Waals surface area contributed by atoms with E-state index in [-0.39, 0.29) is 17.3 Å². The molecule has 25 heavy (non-hydrogen) atoms. The second kappa shape index (κ2) is 7.62. The van der Waals surface area contributed by atoms with Crippen molar-refractivity contribution in [2.45, 2.75) is 10.8 Å². The molecule has 0 saturated carbocycles. The van der Waals surface area contributed by atoms with Crippen LogP contribution in [-0.2, 0) is 11.2 Å². The van der Waals surface area contributed by atoms with Crippen molar-refractivity contribution in [3.8, 4) is 0 Å². The van der Waals surface area contributed by atoms with Gasteiger partial charge in [0.05, 0.1) is 10.7 Å². The van der Waals surface area contributed by atoms with Crippen molar-refractivity contribution in [3.05, 3.63) is 46.5 Å². The van der Waals surface area contributed by atoms with Crippen molar-refractivity contribution in [3.63, 3.8) is 0 Å². The van der Waals surface area contributed by atoms with Crippen molar-refractivity contribution >= 4 is 45.5 Å². The third-order valence-corrected chi connectivity index (χ3v) is 5.59. The van der Waals surface area contributed by atoms with Crippen molar-refractivity contribution in [1.29, 1.82) is 0 Å². The van der Waals surface area contributed by atoms with Crippen molar-refractivity contribution < 1.29 is 9.72 Å². The van der Waals surface area contributed by atoms with Crippen LogP contribution in [0, 0.1) is 10.1 Å². The summed E-state index contributed by atoms with van der Waals surface area (Å²) in [5, 5.41) is 22.6. The number of aromatic nitrogens is 2. The minimum Gasteiger partial charge on any atom is -0.357 e. The Morgan fingerprint density at radius 2 is 2.36 bits per heavy atom. The number of carbonyl (C=O) groups is 1. The lowest BCUT2D eigenvalue weighted by Gasteiger charge is -2.16. The van der Waals surface area contributed by atoms with Crippen LogP contribution >= 0.6 is 23.1 Å². The highest BCUT2D eigenvalue weighted by atomic mass is 32.2. The average Bonchev–Trinajstić information content (AvgIpc) is 3.23. The number of thioether (sulfide) groups is 1. The highest BCUT2D eigenvalue weighted by Gasteiger charge is 2.26. The lowest BCUT2D eigenvalue weighted by Crippen LogP contribution is -2.30. The molecule has 1 N–H and O–H groups in total. The molecule has 1 amide bonds. The lowest BCUT2D eigenvalue weighted by atomic mass is 10.1. The van der Waals surface area contributed by atoms with Gasteiger partial charge in [-0.05, 0) is 18.1 Å². The van der Waals surface area contributed by atoms with Crippen LogP contribution in [0.2, 0.25) is 0 Å². The van der Waals surface area contributed by atoms with Crippen LogP contribution in [0.5, 0.6) is 0 Å². The fraction of sp³-hybridized carbons (Fsp3) is 0.267. The molecule has 0 fully saturated rings. The van der Waals surface area contributed by atoms with Gasteiger partial charge in [-0.25, -0.2) is 0 Å². The molecule has 0 saturated heterocycles. The maximum atomic E-state index is 12.5. The van der Waals surface area contributed by atoms with Gasteiger partial charge in [-0.15, -0.1) is 16.8 Å². The summed E-state index contributed by atoms with van der Waals surface area (Å²) in [4.78, 5) is 24.6. The van der Waals surface area contributed by atoms with Gasteiger partial charge in [0.15, 0.2) is 4.34 Å². The van der Waals surface area contributed by atoms with Gasteiger partial charge < -0.3 is 10.2 Å². The maximum absolute atomic E-state index is 12.5. The molecule has 10 heteroatoms.